The van der Waals surface area contributed by atoms with E-state index in [1.165, 1.54) is 30.6 Å². The first-order valence-electron chi connectivity index (χ1n) is 6.66. The van der Waals surface area contributed by atoms with E-state index in [9.17, 15) is 13.2 Å². The first-order chi connectivity index (χ1) is 9.91. The molecule has 0 aliphatic heterocycles. The molecule has 1 heterocycles. The fourth-order valence-electron chi connectivity index (χ4n) is 1.80. The van der Waals surface area contributed by atoms with E-state index >= 15 is 0 Å². The van der Waals surface area contributed by atoms with Crippen LogP contribution in [-0.4, -0.2) is 30.8 Å². The van der Waals surface area contributed by atoms with E-state index in [2.05, 4.69) is 5.32 Å². The van der Waals surface area contributed by atoms with E-state index in [4.69, 9.17) is 0 Å². The van der Waals surface area contributed by atoms with Crippen molar-refractivity contribution in [3.8, 4) is 0 Å². The van der Waals surface area contributed by atoms with Crippen LogP contribution in [0.5, 0.6) is 0 Å². The van der Waals surface area contributed by atoms with Crippen LogP contribution in [-0.2, 0) is 10.0 Å². The number of ketones is 1. The van der Waals surface area contributed by atoms with Gasteiger partial charge in [0.2, 0.25) is 0 Å². The average molecular weight is 306 g/mol. The van der Waals surface area contributed by atoms with Crippen LogP contribution in [0.15, 0.2) is 53.7 Å². The Morgan fingerprint density at radius 1 is 1.19 bits per heavy atom. The quantitative estimate of drug-likeness (QED) is 0.828. The zero-order valence-corrected chi connectivity index (χ0v) is 12.8. The van der Waals surface area contributed by atoms with Crippen LogP contribution in [0.4, 0.5) is 0 Å². The number of carbonyl (C=O) groups excluding carboxylic acids is 1. The summed E-state index contributed by atoms with van der Waals surface area (Å²) >= 11 is 0. The third kappa shape index (κ3) is 3.59. The van der Waals surface area contributed by atoms with Gasteiger partial charge < -0.3 is 5.32 Å². The van der Waals surface area contributed by atoms with Crippen LogP contribution < -0.4 is 5.32 Å². The third-order valence-electron chi connectivity index (χ3n) is 2.98. The summed E-state index contributed by atoms with van der Waals surface area (Å²) in [4.78, 5) is 12.1. The Hall–Kier alpha value is -1.92. The first-order valence-corrected chi connectivity index (χ1v) is 8.10. The summed E-state index contributed by atoms with van der Waals surface area (Å²) in [6.45, 7) is 4.07. The molecule has 0 fully saturated rings. The molecule has 21 heavy (non-hydrogen) atoms. The minimum Gasteiger partial charge on any atom is -0.307 e. The molecule has 112 valence electrons. The van der Waals surface area contributed by atoms with Gasteiger partial charge in [0.15, 0.2) is 5.78 Å². The standard InChI is InChI=1S/C15H18N2O3S/c1-12(2)16-10-15(18)13-8-9-17(11-13)21(19,20)14-6-4-3-5-7-14/h3-9,11-12,16H,10H2,1-2H3. The van der Waals surface area contributed by atoms with Crippen molar-refractivity contribution < 1.29 is 13.2 Å². The molecule has 2 aromatic rings. The van der Waals surface area contributed by atoms with Crippen molar-refractivity contribution >= 4 is 15.8 Å². The number of carbonyl (C=O) groups is 1. The molecule has 0 amide bonds. The highest BCUT2D eigenvalue weighted by atomic mass is 32.2. The minimum absolute atomic E-state index is 0.134. The van der Waals surface area contributed by atoms with Gasteiger partial charge in [-0.3, -0.25) is 4.79 Å². The maximum Gasteiger partial charge on any atom is 0.267 e. The Kier molecular flexibility index (Phi) is 4.59. The van der Waals surface area contributed by atoms with E-state index in [1.54, 1.807) is 18.2 Å². The van der Waals surface area contributed by atoms with Gasteiger partial charge in [-0.2, -0.15) is 0 Å². The molecule has 2 rings (SSSR count). The summed E-state index contributed by atoms with van der Waals surface area (Å²) in [6.07, 6.45) is 2.75. The molecule has 0 spiro atoms. The Morgan fingerprint density at radius 2 is 1.86 bits per heavy atom. The molecule has 1 aromatic carbocycles. The first kappa shape index (κ1) is 15.5. The smallest absolute Gasteiger partial charge is 0.267 e. The lowest BCUT2D eigenvalue weighted by Crippen LogP contribution is -2.29. The van der Waals surface area contributed by atoms with Gasteiger partial charge in [-0.25, -0.2) is 12.4 Å². The van der Waals surface area contributed by atoms with Crippen LogP contribution in [0.25, 0.3) is 0 Å². The van der Waals surface area contributed by atoms with E-state index in [0.29, 0.717) is 5.56 Å². The second-order valence-corrected chi connectivity index (χ2v) is 6.85. The lowest BCUT2D eigenvalue weighted by atomic mass is 10.2. The van der Waals surface area contributed by atoms with Gasteiger partial charge in [0.1, 0.15) is 0 Å². The topological polar surface area (TPSA) is 68.2 Å². The molecule has 0 aliphatic rings. The highest BCUT2D eigenvalue weighted by molar-refractivity contribution is 7.90. The molecule has 1 N–H and O–H groups in total. The van der Waals surface area contributed by atoms with Crippen LogP contribution in [0.3, 0.4) is 0 Å². The molecule has 0 aliphatic carbocycles. The fraction of sp³-hybridized carbons (Fsp3) is 0.267. The lowest BCUT2D eigenvalue weighted by molar-refractivity contribution is 0.0988. The Bertz CT molecular complexity index is 718. The van der Waals surface area contributed by atoms with Crippen molar-refractivity contribution in [1.82, 2.24) is 9.29 Å². The van der Waals surface area contributed by atoms with Crippen LogP contribution in [0.2, 0.25) is 0 Å². The number of hydrogen-bond donors (Lipinski definition) is 1. The number of Topliss-reactive ketones (excluding diaryl/α,β-unsaturated/α-hetero) is 1. The molecular weight excluding hydrogens is 288 g/mol. The lowest BCUT2D eigenvalue weighted by Gasteiger charge is -2.06. The normalized spacial score (nSPS) is 11.8. The Balaban J connectivity index is 2.22. The van der Waals surface area contributed by atoms with Crippen LogP contribution in [0.1, 0.15) is 24.2 Å². The SMILES string of the molecule is CC(C)NCC(=O)c1ccn(S(=O)(=O)c2ccccc2)c1. The second-order valence-electron chi connectivity index (χ2n) is 5.01. The van der Waals surface area contributed by atoms with Gasteiger partial charge in [-0.15, -0.1) is 0 Å². The zero-order valence-electron chi connectivity index (χ0n) is 12.0. The summed E-state index contributed by atoms with van der Waals surface area (Å²) in [5, 5.41) is 3.02. The minimum atomic E-state index is -3.64. The van der Waals surface area contributed by atoms with Crippen LogP contribution >= 0.6 is 0 Å². The molecule has 5 nitrogen and oxygen atoms in total. The van der Waals surface area contributed by atoms with E-state index in [1.807, 2.05) is 13.8 Å². The Morgan fingerprint density at radius 3 is 2.48 bits per heavy atom. The summed E-state index contributed by atoms with van der Waals surface area (Å²) in [5.74, 6) is -0.134. The number of aromatic nitrogens is 1. The molecule has 0 radical (unpaired) electrons. The monoisotopic (exact) mass is 306 g/mol. The van der Waals surface area contributed by atoms with Gasteiger partial charge in [0, 0.05) is 24.0 Å². The summed E-state index contributed by atoms with van der Waals surface area (Å²) in [6, 6.07) is 9.84. The maximum absolute atomic E-state index is 12.4. The molecule has 0 unspecified atom stereocenters. The van der Waals surface area contributed by atoms with Gasteiger partial charge >= 0.3 is 0 Å². The van der Waals surface area contributed by atoms with E-state index < -0.39 is 10.0 Å². The third-order valence-corrected chi connectivity index (χ3v) is 4.63. The Labute approximate surface area is 124 Å². The number of nitrogens with one attached hydrogen (secondary N) is 1. The molecule has 0 bridgehead atoms. The number of nitrogens with zero attached hydrogens (tertiary/aromatic N) is 1. The molecule has 0 saturated carbocycles. The second kappa shape index (κ2) is 6.24. The zero-order chi connectivity index (χ0) is 15.5. The fourth-order valence-corrected chi connectivity index (χ4v) is 3.02. The van der Waals surface area contributed by atoms with Crippen molar-refractivity contribution in [3.05, 3.63) is 54.4 Å². The summed E-state index contributed by atoms with van der Waals surface area (Å²) in [7, 11) is -3.64. The molecule has 0 saturated heterocycles. The largest absolute Gasteiger partial charge is 0.307 e. The number of rotatable bonds is 6. The van der Waals surface area contributed by atoms with Crippen molar-refractivity contribution in [1.29, 1.82) is 0 Å². The predicted octanol–water partition coefficient (Wildman–Crippen LogP) is 1.91. The highest BCUT2D eigenvalue weighted by Gasteiger charge is 2.17. The maximum atomic E-state index is 12.4. The molecule has 0 atom stereocenters. The van der Waals surface area contributed by atoms with Crippen molar-refractivity contribution in [3.63, 3.8) is 0 Å². The highest BCUT2D eigenvalue weighted by Crippen LogP contribution is 2.14. The number of hydrogen-bond acceptors (Lipinski definition) is 4. The molecular formula is C15H18N2O3S. The molecule has 6 heteroatoms. The van der Waals surface area contributed by atoms with Crippen LogP contribution in [0, 0.1) is 0 Å². The van der Waals surface area contributed by atoms with E-state index in [0.717, 1.165) is 3.97 Å². The van der Waals surface area contributed by atoms with Gasteiger partial charge in [-0.1, -0.05) is 32.0 Å². The summed E-state index contributed by atoms with van der Waals surface area (Å²) in [5.41, 5.74) is 0.377. The summed E-state index contributed by atoms with van der Waals surface area (Å²) < 4.78 is 25.8. The average Bonchev–Trinajstić information content (AvgIpc) is 2.96. The van der Waals surface area contributed by atoms with Crippen molar-refractivity contribution in [2.45, 2.75) is 24.8 Å². The molecule has 1 aromatic heterocycles. The predicted molar refractivity (Wildman–Crippen MR) is 80.9 cm³/mol. The van der Waals surface area contributed by atoms with E-state index in [-0.39, 0.29) is 23.3 Å². The van der Waals surface area contributed by atoms with Gasteiger partial charge in [0.25, 0.3) is 10.0 Å². The number of benzene rings is 1. The van der Waals surface area contributed by atoms with Crippen molar-refractivity contribution in [2.24, 2.45) is 0 Å². The van der Waals surface area contributed by atoms with Gasteiger partial charge in [0.05, 0.1) is 11.4 Å². The van der Waals surface area contributed by atoms with Crippen molar-refractivity contribution in [2.75, 3.05) is 6.54 Å². The van der Waals surface area contributed by atoms with Gasteiger partial charge in [-0.05, 0) is 18.2 Å².